The lowest BCUT2D eigenvalue weighted by Crippen LogP contribution is -2.39. The number of nitrogens with zero attached hydrogens (tertiary/aromatic N) is 4. The van der Waals surface area contributed by atoms with Crippen LogP contribution in [0.15, 0.2) is 30.3 Å². The number of hydrogen-bond donors (Lipinski definition) is 2. The van der Waals surface area contributed by atoms with Gasteiger partial charge in [0.1, 0.15) is 11.9 Å². The van der Waals surface area contributed by atoms with E-state index < -0.39 is 6.04 Å². The minimum atomic E-state index is -0.471. The summed E-state index contributed by atoms with van der Waals surface area (Å²) in [4.78, 5) is 12.6. The number of benzene rings is 1. The molecule has 0 aliphatic carbocycles. The molecule has 8 nitrogen and oxygen atoms in total. The van der Waals surface area contributed by atoms with Crippen LogP contribution in [0.5, 0.6) is 0 Å². The van der Waals surface area contributed by atoms with E-state index in [0.29, 0.717) is 31.9 Å². The molecule has 0 radical (unpaired) electrons. The molecular formula is C16H25ClN6O2. The van der Waals surface area contributed by atoms with Crippen LogP contribution in [-0.2, 0) is 16.0 Å². The topological polar surface area (TPSA) is 94.0 Å². The fraction of sp³-hybridized carbons (Fsp3) is 0.500. The second-order valence-corrected chi connectivity index (χ2v) is 5.41. The van der Waals surface area contributed by atoms with E-state index in [1.807, 2.05) is 30.3 Å². The first-order chi connectivity index (χ1) is 11.7. The number of methoxy groups -OCH3 is 1. The van der Waals surface area contributed by atoms with E-state index in [2.05, 4.69) is 26.2 Å². The Morgan fingerprint density at radius 2 is 2.00 bits per heavy atom. The highest BCUT2D eigenvalue weighted by Gasteiger charge is 2.23. The van der Waals surface area contributed by atoms with Gasteiger partial charge in [-0.3, -0.25) is 4.79 Å². The summed E-state index contributed by atoms with van der Waals surface area (Å²) in [6.07, 6.45) is 0.537. The van der Waals surface area contributed by atoms with E-state index in [-0.39, 0.29) is 18.3 Å². The molecule has 0 bridgehead atoms. The quantitative estimate of drug-likeness (QED) is 0.594. The van der Waals surface area contributed by atoms with Gasteiger partial charge < -0.3 is 15.4 Å². The predicted molar refractivity (Wildman–Crippen MR) is 96.7 cm³/mol. The summed E-state index contributed by atoms with van der Waals surface area (Å²) in [6, 6.07) is 9.37. The standard InChI is InChI=1S/C16H24N6O2.ClH/c1-13-19-20-21-22(13)15(12-14-6-4-3-5-7-14)16(23)18-9-8-17-10-11-24-2;/h3-7,15,17H,8-12H2,1-2H3,(H,18,23);1H. The predicted octanol–water partition coefficient (Wildman–Crippen LogP) is 0.539. The second-order valence-electron chi connectivity index (χ2n) is 5.41. The Kier molecular flexibility index (Phi) is 9.68. The van der Waals surface area contributed by atoms with Gasteiger partial charge in [-0.25, -0.2) is 4.68 Å². The van der Waals surface area contributed by atoms with Crippen molar-refractivity contribution < 1.29 is 9.53 Å². The molecule has 0 saturated carbocycles. The van der Waals surface area contributed by atoms with Crippen LogP contribution < -0.4 is 10.6 Å². The first-order valence-electron chi connectivity index (χ1n) is 7.98. The van der Waals surface area contributed by atoms with Crippen LogP contribution in [0.25, 0.3) is 0 Å². The Labute approximate surface area is 153 Å². The lowest BCUT2D eigenvalue weighted by Gasteiger charge is -2.17. The number of tetrazole rings is 1. The van der Waals surface area contributed by atoms with Gasteiger partial charge in [0.05, 0.1) is 6.61 Å². The van der Waals surface area contributed by atoms with Gasteiger partial charge in [-0.15, -0.1) is 17.5 Å². The van der Waals surface area contributed by atoms with Crippen molar-refractivity contribution in [3.8, 4) is 0 Å². The van der Waals surface area contributed by atoms with Crippen molar-refractivity contribution in [2.75, 3.05) is 33.4 Å². The average Bonchev–Trinajstić information content (AvgIpc) is 3.02. The summed E-state index contributed by atoms with van der Waals surface area (Å²) in [6.45, 7) is 4.41. The molecule has 0 fully saturated rings. The number of rotatable bonds is 10. The van der Waals surface area contributed by atoms with Gasteiger partial charge in [-0.1, -0.05) is 30.3 Å². The second kappa shape index (κ2) is 11.5. The van der Waals surface area contributed by atoms with E-state index in [1.165, 1.54) is 0 Å². The maximum Gasteiger partial charge on any atom is 0.245 e. The van der Waals surface area contributed by atoms with Gasteiger partial charge in [-0.2, -0.15) is 0 Å². The zero-order valence-corrected chi connectivity index (χ0v) is 15.3. The number of ether oxygens (including phenoxy) is 1. The summed E-state index contributed by atoms with van der Waals surface area (Å²) in [5.41, 5.74) is 1.06. The number of hydrogen-bond acceptors (Lipinski definition) is 6. The van der Waals surface area contributed by atoms with E-state index in [0.717, 1.165) is 12.1 Å². The third-order valence-corrected chi connectivity index (χ3v) is 3.61. The number of amides is 1. The van der Waals surface area contributed by atoms with Crippen molar-refractivity contribution >= 4 is 18.3 Å². The molecule has 138 valence electrons. The Balaban J connectivity index is 0.00000312. The fourth-order valence-electron chi connectivity index (χ4n) is 2.34. The molecule has 2 aromatic rings. The normalized spacial score (nSPS) is 11.6. The first kappa shape index (κ1) is 21.0. The molecule has 0 aliphatic rings. The molecule has 1 aromatic heterocycles. The largest absolute Gasteiger partial charge is 0.383 e. The summed E-state index contributed by atoms with van der Waals surface area (Å²) >= 11 is 0. The maximum absolute atomic E-state index is 12.6. The van der Waals surface area contributed by atoms with Gasteiger partial charge in [0.2, 0.25) is 5.91 Å². The average molecular weight is 369 g/mol. The molecule has 1 amide bonds. The molecule has 0 saturated heterocycles. The SMILES string of the molecule is COCCNCCNC(=O)C(Cc1ccccc1)n1nnnc1C.Cl. The number of aromatic nitrogens is 4. The third-order valence-electron chi connectivity index (χ3n) is 3.61. The van der Waals surface area contributed by atoms with Crippen LogP contribution in [-0.4, -0.2) is 59.5 Å². The molecule has 1 atom stereocenters. The number of carbonyl (C=O) groups is 1. The minimum absolute atomic E-state index is 0. The molecule has 1 heterocycles. The first-order valence-corrected chi connectivity index (χ1v) is 7.98. The van der Waals surface area contributed by atoms with E-state index in [1.54, 1.807) is 18.7 Å². The molecule has 1 aromatic carbocycles. The van der Waals surface area contributed by atoms with Crippen LogP contribution in [0, 0.1) is 6.92 Å². The van der Waals surface area contributed by atoms with Crippen molar-refractivity contribution in [2.45, 2.75) is 19.4 Å². The van der Waals surface area contributed by atoms with Crippen LogP contribution in [0.3, 0.4) is 0 Å². The molecule has 9 heteroatoms. The number of aryl methyl sites for hydroxylation is 1. The fourth-order valence-corrected chi connectivity index (χ4v) is 2.34. The minimum Gasteiger partial charge on any atom is -0.383 e. The summed E-state index contributed by atoms with van der Waals surface area (Å²) in [5, 5.41) is 17.6. The summed E-state index contributed by atoms with van der Waals surface area (Å²) in [5.74, 6) is 0.520. The van der Waals surface area contributed by atoms with Crippen LogP contribution in [0.4, 0.5) is 0 Å². The van der Waals surface area contributed by atoms with Gasteiger partial charge in [0.25, 0.3) is 0 Å². The Morgan fingerprint density at radius 1 is 1.24 bits per heavy atom. The Morgan fingerprint density at radius 3 is 2.64 bits per heavy atom. The number of carbonyl (C=O) groups excluding carboxylic acids is 1. The van der Waals surface area contributed by atoms with Crippen molar-refractivity contribution in [1.29, 1.82) is 0 Å². The van der Waals surface area contributed by atoms with Gasteiger partial charge in [0.15, 0.2) is 0 Å². The van der Waals surface area contributed by atoms with E-state index >= 15 is 0 Å². The Hall–Kier alpha value is -2.03. The third kappa shape index (κ3) is 6.77. The molecule has 0 aliphatic heterocycles. The molecular weight excluding hydrogens is 344 g/mol. The van der Waals surface area contributed by atoms with Crippen molar-refractivity contribution in [3.05, 3.63) is 41.7 Å². The number of nitrogens with one attached hydrogen (secondary N) is 2. The highest BCUT2D eigenvalue weighted by Crippen LogP contribution is 2.14. The van der Waals surface area contributed by atoms with Crippen LogP contribution >= 0.6 is 12.4 Å². The number of halogens is 1. The van der Waals surface area contributed by atoms with Gasteiger partial charge in [-0.05, 0) is 22.9 Å². The molecule has 25 heavy (non-hydrogen) atoms. The zero-order chi connectivity index (χ0) is 17.2. The van der Waals surface area contributed by atoms with Crippen LogP contribution in [0.2, 0.25) is 0 Å². The van der Waals surface area contributed by atoms with Crippen LogP contribution in [0.1, 0.15) is 17.4 Å². The summed E-state index contributed by atoms with van der Waals surface area (Å²) < 4.78 is 6.53. The highest BCUT2D eigenvalue weighted by atomic mass is 35.5. The smallest absolute Gasteiger partial charge is 0.245 e. The molecule has 0 spiro atoms. The Bertz CT molecular complexity index is 622. The van der Waals surface area contributed by atoms with Gasteiger partial charge in [0, 0.05) is 33.2 Å². The van der Waals surface area contributed by atoms with Crippen molar-refractivity contribution in [2.24, 2.45) is 0 Å². The maximum atomic E-state index is 12.6. The lowest BCUT2D eigenvalue weighted by atomic mass is 10.1. The highest BCUT2D eigenvalue weighted by molar-refractivity contribution is 5.85. The molecule has 1 unspecified atom stereocenters. The lowest BCUT2D eigenvalue weighted by molar-refractivity contribution is -0.124. The molecule has 2 rings (SSSR count). The van der Waals surface area contributed by atoms with E-state index in [4.69, 9.17) is 4.74 Å². The van der Waals surface area contributed by atoms with Crippen molar-refractivity contribution in [3.63, 3.8) is 0 Å². The summed E-state index contributed by atoms with van der Waals surface area (Å²) in [7, 11) is 1.66. The van der Waals surface area contributed by atoms with Crippen molar-refractivity contribution in [1.82, 2.24) is 30.8 Å². The monoisotopic (exact) mass is 368 g/mol. The molecule has 2 N–H and O–H groups in total. The van der Waals surface area contributed by atoms with Gasteiger partial charge >= 0.3 is 0 Å². The zero-order valence-electron chi connectivity index (χ0n) is 14.5. The van der Waals surface area contributed by atoms with E-state index in [9.17, 15) is 4.79 Å².